The van der Waals surface area contributed by atoms with Crippen molar-refractivity contribution in [2.75, 3.05) is 6.54 Å². The Bertz CT molecular complexity index is 360. The first-order valence-electron chi connectivity index (χ1n) is 6.51. The van der Waals surface area contributed by atoms with Gasteiger partial charge in [0.1, 0.15) is 0 Å². The second-order valence-electron chi connectivity index (χ2n) is 6.55. The van der Waals surface area contributed by atoms with Gasteiger partial charge in [0.2, 0.25) is 5.91 Å². The number of amides is 1. The first-order chi connectivity index (χ1) is 7.84. The van der Waals surface area contributed by atoms with Crippen LogP contribution in [0.1, 0.15) is 47.0 Å². The molecule has 0 N–H and O–H groups in total. The number of carbonyl (C=O) groups excluding carboxylic acids is 1. The lowest BCUT2D eigenvalue weighted by Crippen LogP contribution is -2.36. The summed E-state index contributed by atoms with van der Waals surface area (Å²) in [4.78, 5) is 14.5. The Hall–Kier alpha value is -1.04. The Morgan fingerprint density at radius 3 is 2.18 bits per heavy atom. The van der Waals surface area contributed by atoms with Gasteiger partial charge in [-0.1, -0.05) is 27.7 Å². The third kappa shape index (κ3) is 1.84. The molecule has 0 aromatic rings. The van der Waals surface area contributed by atoms with Crippen LogP contribution < -0.4 is 0 Å². The van der Waals surface area contributed by atoms with Gasteiger partial charge in [0.25, 0.3) is 0 Å². The van der Waals surface area contributed by atoms with Gasteiger partial charge in [-0.05, 0) is 23.7 Å². The largest absolute Gasteiger partial charge is 0.338 e. The fraction of sp³-hybridized carbons (Fsp3) is 0.857. The van der Waals surface area contributed by atoms with Crippen LogP contribution in [-0.4, -0.2) is 23.4 Å². The fourth-order valence-electron chi connectivity index (χ4n) is 3.01. The van der Waals surface area contributed by atoms with Crippen LogP contribution in [0, 0.1) is 28.1 Å². The van der Waals surface area contributed by atoms with Crippen molar-refractivity contribution in [2.45, 2.75) is 53.0 Å². The molecule has 0 spiro atoms. The number of rotatable bonds is 4. The summed E-state index contributed by atoms with van der Waals surface area (Å²) in [6, 6.07) is 2.56. The van der Waals surface area contributed by atoms with Crippen molar-refractivity contribution < 1.29 is 4.79 Å². The van der Waals surface area contributed by atoms with E-state index in [2.05, 4.69) is 33.8 Å². The maximum absolute atomic E-state index is 12.5. The molecular formula is C14H22N2O. The van der Waals surface area contributed by atoms with Crippen molar-refractivity contribution in [3.05, 3.63) is 0 Å². The van der Waals surface area contributed by atoms with Crippen LogP contribution in [0.4, 0.5) is 0 Å². The number of hydrogen-bond donors (Lipinski definition) is 0. The summed E-state index contributed by atoms with van der Waals surface area (Å²) < 4.78 is 0. The van der Waals surface area contributed by atoms with E-state index < -0.39 is 0 Å². The van der Waals surface area contributed by atoms with Crippen LogP contribution in [0.25, 0.3) is 0 Å². The van der Waals surface area contributed by atoms with Crippen LogP contribution in [0.2, 0.25) is 0 Å². The van der Waals surface area contributed by atoms with Crippen LogP contribution in [0.15, 0.2) is 0 Å². The maximum Gasteiger partial charge on any atom is 0.227 e. The highest BCUT2D eigenvalue weighted by Crippen LogP contribution is 2.69. The lowest BCUT2D eigenvalue weighted by Gasteiger charge is -2.22. The molecule has 3 heteroatoms. The standard InChI is InChI=1S/C14H22N2O/c1-13(2)11(14(13,3)4)12(17)16(9-5-8-15)10-6-7-10/h10-11H,5-7,9H2,1-4H3. The van der Waals surface area contributed by atoms with Crippen molar-refractivity contribution >= 4 is 5.91 Å². The van der Waals surface area contributed by atoms with E-state index in [0.717, 1.165) is 12.8 Å². The zero-order chi connectivity index (χ0) is 12.8. The smallest absolute Gasteiger partial charge is 0.227 e. The second-order valence-corrected chi connectivity index (χ2v) is 6.55. The Morgan fingerprint density at radius 2 is 1.82 bits per heavy atom. The highest BCUT2D eigenvalue weighted by Gasteiger charge is 2.69. The van der Waals surface area contributed by atoms with Crippen LogP contribution in [0.5, 0.6) is 0 Å². The lowest BCUT2D eigenvalue weighted by molar-refractivity contribution is -0.134. The maximum atomic E-state index is 12.5. The summed E-state index contributed by atoms with van der Waals surface area (Å²) in [6.45, 7) is 9.30. The minimum Gasteiger partial charge on any atom is -0.338 e. The average molecular weight is 234 g/mol. The zero-order valence-electron chi connectivity index (χ0n) is 11.3. The second kappa shape index (κ2) is 3.73. The van der Waals surface area contributed by atoms with E-state index in [0.29, 0.717) is 19.0 Å². The first kappa shape index (κ1) is 12.4. The molecule has 0 unspecified atom stereocenters. The molecule has 0 radical (unpaired) electrons. The summed E-state index contributed by atoms with van der Waals surface area (Å²) in [5, 5.41) is 8.67. The third-order valence-corrected chi connectivity index (χ3v) is 5.00. The molecule has 1 amide bonds. The van der Waals surface area contributed by atoms with Crippen LogP contribution in [-0.2, 0) is 4.79 Å². The van der Waals surface area contributed by atoms with Crippen LogP contribution in [0.3, 0.4) is 0 Å². The van der Waals surface area contributed by atoms with E-state index in [-0.39, 0.29) is 22.7 Å². The van der Waals surface area contributed by atoms with Crippen molar-refractivity contribution in [1.29, 1.82) is 5.26 Å². The quantitative estimate of drug-likeness (QED) is 0.750. The average Bonchev–Trinajstić information content (AvgIpc) is 3.07. The topological polar surface area (TPSA) is 44.1 Å². The molecule has 0 aliphatic heterocycles. The van der Waals surface area contributed by atoms with Gasteiger partial charge < -0.3 is 4.90 Å². The molecule has 2 fully saturated rings. The minimum absolute atomic E-state index is 0.101. The van der Waals surface area contributed by atoms with Gasteiger partial charge in [-0.3, -0.25) is 4.79 Å². The summed E-state index contributed by atoms with van der Waals surface area (Å²) in [7, 11) is 0. The molecule has 2 aliphatic carbocycles. The molecule has 0 atom stereocenters. The van der Waals surface area contributed by atoms with E-state index in [1.165, 1.54) is 0 Å². The van der Waals surface area contributed by atoms with Crippen molar-refractivity contribution in [3.63, 3.8) is 0 Å². The normalized spacial score (nSPS) is 25.1. The molecule has 0 heterocycles. The fourth-order valence-corrected chi connectivity index (χ4v) is 3.01. The molecule has 0 aromatic heterocycles. The van der Waals surface area contributed by atoms with Crippen molar-refractivity contribution in [1.82, 2.24) is 4.90 Å². The molecule has 17 heavy (non-hydrogen) atoms. The van der Waals surface area contributed by atoms with Gasteiger partial charge in [0, 0.05) is 18.5 Å². The number of carbonyl (C=O) groups is 1. The molecule has 2 aliphatic rings. The summed E-state index contributed by atoms with van der Waals surface area (Å²) >= 11 is 0. The van der Waals surface area contributed by atoms with Crippen molar-refractivity contribution in [3.8, 4) is 6.07 Å². The van der Waals surface area contributed by atoms with Gasteiger partial charge >= 0.3 is 0 Å². The third-order valence-electron chi connectivity index (χ3n) is 5.00. The molecule has 2 saturated carbocycles. The van der Waals surface area contributed by atoms with E-state index in [1.54, 1.807) is 0 Å². The molecule has 0 bridgehead atoms. The molecular weight excluding hydrogens is 212 g/mol. The van der Waals surface area contributed by atoms with Gasteiger partial charge in [-0.25, -0.2) is 0 Å². The molecule has 0 aromatic carbocycles. The van der Waals surface area contributed by atoms with E-state index in [4.69, 9.17) is 5.26 Å². The number of nitriles is 1. The van der Waals surface area contributed by atoms with Gasteiger partial charge in [-0.15, -0.1) is 0 Å². The van der Waals surface area contributed by atoms with E-state index in [9.17, 15) is 4.79 Å². The summed E-state index contributed by atoms with van der Waals surface area (Å²) in [5.41, 5.74) is 0.202. The molecule has 3 nitrogen and oxygen atoms in total. The van der Waals surface area contributed by atoms with Gasteiger partial charge in [-0.2, -0.15) is 5.26 Å². The molecule has 94 valence electrons. The van der Waals surface area contributed by atoms with Crippen molar-refractivity contribution in [2.24, 2.45) is 16.7 Å². The Balaban J connectivity index is 2.06. The number of hydrogen-bond acceptors (Lipinski definition) is 2. The van der Waals surface area contributed by atoms with Gasteiger partial charge in [0.15, 0.2) is 0 Å². The van der Waals surface area contributed by atoms with E-state index >= 15 is 0 Å². The predicted molar refractivity (Wildman–Crippen MR) is 66.0 cm³/mol. The lowest BCUT2D eigenvalue weighted by atomic mass is 10.0. The Kier molecular flexibility index (Phi) is 2.72. The highest BCUT2D eigenvalue weighted by molar-refractivity contribution is 5.84. The Labute approximate surface area is 104 Å². The highest BCUT2D eigenvalue weighted by atomic mass is 16.2. The molecule has 2 rings (SSSR count). The zero-order valence-corrected chi connectivity index (χ0v) is 11.3. The van der Waals surface area contributed by atoms with Crippen LogP contribution >= 0.6 is 0 Å². The van der Waals surface area contributed by atoms with Gasteiger partial charge in [0.05, 0.1) is 12.5 Å². The minimum atomic E-state index is 0.101. The first-order valence-corrected chi connectivity index (χ1v) is 6.51. The summed E-state index contributed by atoms with van der Waals surface area (Å²) in [5.74, 6) is 0.409. The molecule has 0 saturated heterocycles. The predicted octanol–water partition coefficient (Wildman–Crippen LogP) is 2.57. The monoisotopic (exact) mass is 234 g/mol. The number of nitrogens with zero attached hydrogens (tertiary/aromatic N) is 2. The SMILES string of the molecule is CC1(C)C(C(=O)N(CCC#N)C2CC2)C1(C)C. The summed E-state index contributed by atoms with van der Waals surface area (Å²) in [6.07, 6.45) is 2.69. The van der Waals surface area contributed by atoms with E-state index in [1.807, 2.05) is 4.90 Å². The Morgan fingerprint density at radius 1 is 1.29 bits per heavy atom.